The highest BCUT2D eigenvalue weighted by Gasteiger charge is 2.24. The molecule has 6 heteroatoms. The zero-order valence-electron chi connectivity index (χ0n) is 18.4. The van der Waals surface area contributed by atoms with E-state index in [1.165, 1.54) is 0 Å². The first-order chi connectivity index (χ1) is 14.9. The highest BCUT2D eigenvalue weighted by molar-refractivity contribution is 6.00. The number of nitrogens with one attached hydrogen (secondary N) is 1. The van der Waals surface area contributed by atoms with Crippen molar-refractivity contribution in [3.8, 4) is 11.1 Å². The van der Waals surface area contributed by atoms with Gasteiger partial charge in [-0.1, -0.05) is 54.6 Å². The molecule has 3 aromatic rings. The fraction of sp³-hybridized carbons (Fsp3) is 0.280. The predicted molar refractivity (Wildman–Crippen MR) is 120 cm³/mol. The van der Waals surface area contributed by atoms with Crippen LogP contribution in [0.4, 0.5) is 0 Å². The van der Waals surface area contributed by atoms with Crippen LogP contribution in [0.5, 0.6) is 0 Å². The first kappa shape index (κ1) is 22.3. The molecule has 1 aromatic heterocycles. The summed E-state index contributed by atoms with van der Waals surface area (Å²) in [5.41, 5.74) is 5.32. The lowest BCUT2D eigenvalue weighted by Gasteiger charge is -2.17. The van der Waals surface area contributed by atoms with Crippen LogP contribution in [0.2, 0.25) is 0 Å². The highest BCUT2D eigenvalue weighted by atomic mass is 16.6. The van der Waals surface area contributed by atoms with Crippen molar-refractivity contribution >= 4 is 11.9 Å². The van der Waals surface area contributed by atoms with E-state index in [1.807, 2.05) is 30.3 Å². The number of hydrogen-bond acceptors (Lipinski definition) is 4. The van der Waals surface area contributed by atoms with Gasteiger partial charge in [0.05, 0.1) is 12.2 Å². The molecule has 0 aliphatic rings. The molecular formula is C25H28N2O4. The SMILES string of the molecule is COCCOC(=O)c1c(C)[nH]c(C(=O)N(C)Cc2ccc(-c3ccccc3)cc2)c1C. The molecule has 1 N–H and O–H groups in total. The minimum Gasteiger partial charge on any atom is -0.460 e. The molecule has 0 bridgehead atoms. The molecule has 0 aliphatic carbocycles. The number of aromatic nitrogens is 1. The number of aryl methyl sites for hydroxylation is 1. The Morgan fingerprint density at radius 2 is 1.58 bits per heavy atom. The molecule has 3 rings (SSSR count). The van der Waals surface area contributed by atoms with Crippen LogP contribution < -0.4 is 0 Å². The lowest BCUT2D eigenvalue weighted by Crippen LogP contribution is -2.27. The summed E-state index contributed by atoms with van der Waals surface area (Å²) >= 11 is 0. The van der Waals surface area contributed by atoms with E-state index >= 15 is 0 Å². The van der Waals surface area contributed by atoms with Crippen LogP contribution >= 0.6 is 0 Å². The van der Waals surface area contributed by atoms with Crippen LogP contribution in [-0.2, 0) is 16.0 Å². The van der Waals surface area contributed by atoms with Crippen LogP contribution in [0.25, 0.3) is 11.1 Å². The standard InChI is InChI=1S/C25H28N2O4/c1-17-22(25(29)31-15-14-30-4)18(2)26-23(17)24(28)27(3)16-19-10-12-21(13-11-19)20-8-6-5-7-9-20/h5-13,26H,14-16H2,1-4H3. The van der Waals surface area contributed by atoms with Crippen LogP contribution in [0.15, 0.2) is 54.6 Å². The minimum atomic E-state index is -0.457. The van der Waals surface area contributed by atoms with Gasteiger partial charge in [-0.2, -0.15) is 0 Å². The molecule has 1 amide bonds. The van der Waals surface area contributed by atoms with E-state index in [4.69, 9.17) is 9.47 Å². The van der Waals surface area contributed by atoms with E-state index in [2.05, 4.69) is 29.2 Å². The third-order valence-corrected chi connectivity index (χ3v) is 5.20. The van der Waals surface area contributed by atoms with Gasteiger partial charge in [0.1, 0.15) is 12.3 Å². The topological polar surface area (TPSA) is 71.6 Å². The largest absolute Gasteiger partial charge is 0.460 e. The second-order valence-electron chi connectivity index (χ2n) is 7.48. The van der Waals surface area contributed by atoms with E-state index < -0.39 is 5.97 Å². The van der Waals surface area contributed by atoms with Crippen molar-refractivity contribution < 1.29 is 19.1 Å². The Labute approximate surface area is 182 Å². The van der Waals surface area contributed by atoms with E-state index in [9.17, 15) is 9.59 Å². The summed E-state index contributed by atoms with van der Waals surface area (Å²) in [7, 11) is 3.29. The third-order valence-electron chi connectivity index (χ3n) is 5.20. The summed E-state index contributed by atoms with van der Waals surface area (Å²) in [6.07, 6.45) is 0. The van der Waals surface area contributed by atoms with Crippen molar-refractivity contribution in [1.82, 2.24) is 9.88 Å². The molecule has 162 valence electrons. The maximum absolute atomic E-state index is 13.0. The Hall–Kier alpha value is -3.38. The fourth-order valence-electron chi connectivity index (χ4n) is 3.53. The Kier molecular flexibility index (Phi) is 7.26. The summed E-state index contributed by atoms with van der Waals surface area (Å²) in [5, 5.41) is 0. The second kappa shape index (κ2) is 10.1. The molecule has 0 unspecified atom stereocenters. The van der Waals surface area contributed by atoms with E-state index in [0.717, 1.165) is 16.7 Å². The number of ether oxygens (including phenoxy) is 2. The van der Waals surface area contributed by atoms with Gasteiger partial charge in [0.25, 0.3) is 5.91 Å². The Balaban J connectivity index is 1.70. The van der Waals surface area contributed by atoms with Gasteiger partial charge in [0, 0.05) is 26.4 Å². The molecule has 6 nitrogen and oxygen atoms in total. The molecule has 0 saturated carbocycles. The summed E-state index contributed by atoms with van der Waals surface area (Å²) in [6, 6.07) is 18.3. The number of carbonyl (C=O) groups is 2. The summed E-state index contributed by atoms with van der Waals surface area (Å²) in [5.74, 6) is -0.634. The predicted octanol–water partition coefficient (Wildman–Crippen LogP) is 4.37. The fourth-order valence-corrected chi connectivity index (χ4v) is 3.53. The molecule has 0 aliphatic heterocycles. The number of nitrogens with zero attached hydrogens (tertiary/aromatic N) is 1. The van der Waals surface area contributed by atoms with Gasteiger partial charge in [0.2, 0.25) is 0 Å². The Morgan fingerprint density at radius 3 is 2.23 bits per heavy atom. The average Bonchev–Trinajstić information content (AvgIpc) is 3.08. The number of carbonyl (C=O) groups excluding carboxylic acids is 2. The number of amides is 1. The average molecular weight is 421 g/mol. The monoisotopic (exact) mass is 420 g/mol. The number of hydrogen-bond donors (Lipinski definition) is 1. The number of esters is 1. The molecule has 1 heterocycles. The van der Waals surface area contributed by atoms with Crippen LogP contribution in [-0.4, -0.2) is 49.1 Å². The summed E-state index contributed by atoms with van der Waals surface area (Å²) < 4.78 is 10.1. The lowest BCUT2D eigenvalue weighted by atomic mass is 10.0. The zero-order chi connectivity index (χ0) is 22.4. The lowest BCUT2D eigenvalue weighted by molar-refractivity contribution is 0.0387. The molecule has 0 atom stereocenters. The van der Waals surface area contributed by atoms with Gasteiger partial charge in [-0.05, 0) is 36.1 Å². The number of rotatable bonds is 8. The van der Waals surface area contributed by atoms with Crippen LogP contribution in [0.1, 0.15) is 37.7 Å². The highest BCUT2D eigenvalue weighted by Crippen LogP contribution is 2.22. The van der Waals surface area contributed by atoms with Crippen molar-refractivity contribution in [1.29, 1.82) is 0 Å². The number of aromatic amines is 1. The quantitative estimate of drug-likeness (QED) is 0.434. The first-order valence-electron chi connectivity index (χ1n) is 10.2. The zero-order valence-corrected chi connectivity index (χ0v) is 18.4. The van der Waals surface area contributed by atoms with E-state index in [0.29, 0.717) is 35.7 Å². The normalized spacial score (nSPS) is 10.7. The molecular weight excluding hydrogens is 392 g/mol. The van der Waals surface area contributed by atoms with Crippen LogP contribution in [0, 0.1) is 13.8 Å². The smallest absolute Gasteiger partial charge is 0.340 e. The number of H-pyrrole nitrogens is 1. The van der Waals surface area contributed by atoms with E-state index in [1.54, 1.807) is 32.9 Å². The molecule has 0 radical (unpaired) electrons. The van der Waals surface area contributed by atoms with Gasteiger partial charge >= 0.3 is 5.97 Å². The number of methoxy groups -OCH3 is 1. The third kappa shape index (κ3) is 5.22. The van der Waals surface area contributed by atoms with Crippen molar-refractivity contribution in [3.05, 3.63) is 82.7 Å². The van der Waals surface area contributed by atoms with Gasteiger partial charge < -0.3 is 19.4 Å². The number of benzene rings is 2. The van der Waals surface area contributed by atoms with Crippen molar-refractivity contribution in [3.63, 3.8) is 0 Å². The second-order valence-corrected chi connectivity index (χ2v) is 7.48. The van der Waals surface area contributed by atoms with Gasteiger partial charge in [-0.15, -0.1) is 0 Å². The van der Waals surface area contributed by atoms with Crippen molar-refractivity contribution in [2.45, 2.75) is 20.4 Å². The minimum absolute atomic E-state index is 0.168. The summed E-state index contributed by atoms with van der Waals surface area (Å²) in [4.78, 5) is 30.1. The maximum atomic E-state index is 13.0. The molecule has 0 spiro atoms. The molecule has 0 fully saturated rings. The van der Waals surface area contributed by atoms with Gasteiger partial charge in [-0.25, -0.2) is 4.79 Å². The maximum Gasteiger partial charge on any atom is 0.340 e. The summed E-state index contributed by atoms with van der Waals surface area (Å²) in [6.45, 7) is 4.47. The van der Waals surface area contributed by atoms with Crippen molar-refractivity contribution in [2.24, 2.45) is 0 Å². The molecule has 31 heavy (non-hydrogen) atoms. The van der Waals surface area contributed by atoms with Crippen molar-refractivity contribution in [2.75, 3.05) is 27.4 Å². The first-order valence-corrected chi connectivity index (χ1v) is 10.2. The van der Waals surface area contributed by atoms with Crippen LogP contribution in [0.3, 0.4) is 0 Å². The molecule has 2 aromatic carbocycles. The van der Waals surface area contributed by atoms with Gasteiger partial charge in [-0.3, -0.25) is 4.79 Å². The van der Waals surface area contributed by atoms with Gasteiger partial charge in [0.15, 0.2) is 0 Å². The molecule has 0 saturated heterocycles. The van der Waals surface area contributed by atoms with E-state index in [-0.39, 0.29) is 12.5 Å². The Bertz CT molecular complexity index is 1040. The Morgan fingerprint density at radius 1 is 0.935 bits per heavy atom.